The van der Waals surface area contributed by atoms with Crippen molar-refractivity contribution in [2.24, 2.45) is 0 Å². The lowest BCUT2D eigenvalue weighted by Crippen LogP contribution is -2.47. The van der Waals surface area contributed by atoms with Crippen LogP contribution >= 0.6 is 0 Å². The Morgan fingerprint density at radius 1 is 1.32 bits per heavy atom. The number of fused-ring (bicyclic) bond motifs is 2. The standard InChI is InChI=1S/C17H22N4O/c1-19(2)16(22)21-13-17(14-5-3-4-6-15(14)21)7-10-20(11-8-17)12-9-18/h3-6H,7-8,10-13H2,1-2H3. The average molecular weight is 298 g/mol. The molecule has 1 spiro atoms. The highest BCUT2D eigenvalue weighted by molar-refractivity contribution is 5.95. The maximum Gasteiger partial charge on any atom is 0.323 e. The van der Waals surface area contributed by atoms with Crippen molar-refractivity contribution in [2.75, 3.05) is 45.2 Å². The Hall–Kier alpha value is -2.06. The third kappa shape index (κ3) is 2.34. The Balaban J connectivity index is 1.89. The van der Waals surface area contributed by atoms with Crippen LogP contribution in [0.3, 0.4) is 0 Å². The number of benzene rings is 1. The molecule has 0 unspecified atom stereocenters. The fourth-order valence-corrected chi connectivity index (χ4v) is 3.71. The molecule has 116 valence electrons. The van der Waals surface area contributed by atoms with E-state index in [9.17, 15) is 4.79 Å². The first-order chi connectivity index (χ1) is 10.6. The number of para-hydroxylation sites is 1. The SMILES string of the molecule is CN(C)C(=O)N1CC2(CCN(CC#N)CC2)c2ccccc21. The van der Waals surface area contributed by atoms with E-state index in [2.05, 4.69) is 23.1 Å². The Kier molecular flexibility index (Phi) is 3.79. The molecular formula is C17H22N4O. The summed E-state index contributed by atoms with van der Waals surface area (Å²) < 4.78 is 0. The van der Waals surface area contributed by atoms with Crippen LogP contribution in [0.5, 0.6) is 0 Å². The van der Waals surface area contributed by atoms with Gasteiger partial charge in [0.2, 0.25) is 0 Å². The van der Waals surface area contributed by atoms with Crippen LogP contribution in [0.2, 0.25) is 0 Å². The van der Waals surface area contributed by atoms with Gasteiger partial charge < -0.3 is 4.90 Å². The van der Waals surface area contributed by atoms with Gasteiger partial charge in [-0.15, -0.1) is 0 Å². The van der Waals surface area contributed by atoms with Gasteiger partial charge in [-0.2, -0.15) is 5.26 Å². The molecule has 2 amide bonds. The molecule has 0 bridgehead atoms. The molecule has 0 atom stereocenters. The maximum atomic E-state index is 12.5. The van der Waals surface area contributed by atoms with Gasteiger partial charge >= 0.3 is 6.03 Å². The van der Waals surface area contributed by atoms with E-state index in [-0.39, 0.29) is 11.4 Å². The summed E-state index contributed by atoms with van der Waals surface area (Å²) in [5.41, 5.74) is 2.39. The highest BCUT2D eigenvalue weighted by Gasteiger charge is 2.46. The topological polar surface area (TPSA) is 50.6 Å². The van der Waals surface area contributed by atoms with E-state index >= 15 is 0 Å². The van der Waals surface area contributed by atoms with Gasteiger partial charge in [-0.05, 0) is 24.5 Å². The third-order valence-corrected chi connectivity index (χ3v) is 4.95. The molecule has 1 fully saturated rings. The number of urea groups is 1. The van der Waals surface area contributed by atoms with E-state index in [0.717, 1.165) is 38.2 Å². The molecule has 3 rings (SSSR count). The zero-order chi connectivity index (χ0) is 15.7. The van der Waals surface area contributed by atoms with Crippen LogP contribution in [0.4, 0.5) is 10.5 Å². The van der Waals surface area contributed by atoms with Gasteiger partial charge in [-0.3, -0.25) is 9.80 Å². The number of amides is 2. The van der Waals surface area contributed by atoms with Crippen LogP contribution in [-0.2, 0) is 5.41 Å². The van der Waals surface area contributed by atoms with E-state index < -0.39 is 0 Å². The lowest BCUT2D eigenvalue weighted by molar-refractivity contribution is 0.180. The smallest absolute Gasteiger partial charge is 0.323 e. The number of nitrogens with zero attached hydrogens (tertiary/aromatic N) is 4. The zero-order valence-corrected chi connectivity index (χ0v) is 13.2. The number of hydrogen-bond acceptors (Lipinski definition) is 3. The lowest BCUT2D eigenvalue weighted by atomic mass is 9.74. The van der Waals surface area contributed by atoms with Crippen molar-refractivity contribution in [1.29, 1.82) is 5.26 Å². The van der Waals surface area contributed by atoms with Gasteiger partial charge in [-0.1, -0.05) is 18.2 Å². The second kappa shape index (κ2) is 5.62. The molecule has 0 aliphatic carbocycles. The number of carbonyl (C=O) groups is 1. The lowest BCUT2D eigenvalue weighted by Gasteiger charge is -2.39. The molecule has 2 heterocycles. The number of likely N-dealkylation sites (tertiary alicyclic amines) is 1. The van der Waals surface area contributed by atoms with E-state index in [1.54, 1.807) is 19.0 Å². The van der Waals surface area contributed by atoms with Crippen molar-refractivity contribution >= 4 is 11.7 Å². The highest BCUT2D eigenvalue weighted by Crippen LogP contribution is 2.47. The number of hydrogen-bond donors (Lipinski definition) is 0. The quantitative estimate of drug-likeness (QED) is 0.746. The van der Waals surface area contributed by atoms with Gasteiger partial charge in [0.25, 0.3) is 0 Å². The minimum atomic E-state index is 0.0452. The molecule has 0 aromatic heterocycles. The number of carbonyl (C=O) groups excluding carboxylic acids is 1. The van der Waals surface area contributed by atoms with Gasteiger partial charge in [-0.25, -0.2) is 4.79 Å². The fraction of sp³-hybridized carbons (Fsp3) is 0.529. The summed E-state index contributed by atoms with van der Waals surface area (Å²) in [5.74, 6) is 0. The maximum absolute atomic E-state index is 12.5. The molecule has 2 aliphatic heterocycles. The molecule has 1 aromatic carbocycles. The largest absolute Gasteiger partial charge is 0.330 e. The Morgan fingerprint density at radius 2 is 2.00 bits per heavy atom. The number of rotatable bonds is 1. The van der Waals surface area contributed by atoms with Crippen molar-refractivity contribution in [3.8, 4) is 6.07 Å². The van der Waals surface area contributed by atoms with Crippen LogP contribution in [0.25, 0.3) is 0 Å². The summed E-state index contributed by atoms with van der Waals surface area (Å²) in [6.45, 7) is 3.10. The monoisotopic (exact) mass is 298 g/mol. The van der Waals surface area contributed by atoms with Gasteiger partial charge in [0, 0.05) is 44.8 Å². The number of anilines is 1. The molecule has 0 N–H and O–H groups in total. The molecule has 22 heavy (non-hydrogen) atoms. The third-order valence-electron chi connectivity index (χ3n) is 4.95. The number of piperidine rings is 1. The summed E-state index contributed by atoms with van der Waals surface area (Å²) in [5, 5.41) is 8.86. The summed E-state index contributed by atoms with van der Waals surface area (Å²) >= 11 is 0. The van der Waals surface area contributed by atoms with Gasteiger partial charge in [0.1, 0.15) is 0 Å². The predicted octanol–water partition coefficient (Wildman–Crippen LogP) is 2.05. The predicted molar refractivity (Wildman–Crippen MR) is 85.8 cm³/mol. The Bertz CT molecular complexity index is 611. The fourth-order valence-electron chi connectivity index (χ4n) is 3.71. The zero-order valence-electron chi connectivity index (χ0n) is 13.2. The highest BCUT2D eigenvalue weighted by atomic mass is 16.2. The van der Waals surface area contributed by atoms with Crippen molar-refractivity contribution in [1.82, 2.24) is 9.80 Å². The van der Waals surface area contributed by atoms with E-state index in [1.807, 2.05) is 17.0 Å². The van der Waals surface area contributed by atoms with Crippen LogP contribution in [0.1, 0.15) is 18.4 Å². The normalized spacial score (nSPS) is 19.8. The van der Waals surface area contributed by atoms with E-state index in [4.69, 9.17) is 5.26 Å². The van der Waals surface area contributed by atoms with Gasteiger partial charge in [0.05, 0.1) is 12.6 Å². The van der Waals surface area contributed by atoms with Crippen molar-refractivity contribution in [3.63, 3.8) is 0 Å². The van der Waals surface area contributed by atoms with Crippen molar-refractivity contribution < 1.29 is 4.79 Å². The summed E-state index contributed by atoms with van der Waals surface area (Å²) in [4.78, 5) is 18.2. The van der Waals surface area contributed by atoms with Crippen molar-refractivity contribution in [2.45, 2.75) is 18.3 Å². The molecule has 5 heteroatoms. The molecule has 2 aliphatic rings. The average Bonchev–Trinajstić information content (AvgIpc) is 2.84. The molecular weight excluding hydrogens is 276 g/mol. The molecule has 5 nitrogen and oxygen atoms in total. The summed E-state index contributed by atoms with van der Waals surface area (Å²) in [7, 11) is 3.59. The van der Waals surface area contributed by atoms with Gasteiger partial charge in [0.15, 0.2) is 0 Å². The minimum Gasteiger partial charge on any atom is -0.330 e. The molecule has 1 aromatic rings. The Labute approximate surface area is 131 Å². The van der Waals surface area contributed by atoms with E-state index in [0.29, 0.717) is 6.54 Å². The number of nitriles is 1. The second-order valence-electron chi connectivity index (χ2n) is 6.49. The Morgan fingerprint density at radius 3 is 2.64 bits per heavy atom. The van der Waals surface area contributed by atoms with Crippen molar-refractivity contribution in [3.05, 3.63) is 29.8 Å². The first-order valence-electron chi connectivity index (χ1n) is 7.75. The minimum absolute atomic E-state index is 0.0452. The molecule has 0 saturated carbocycles. The first kappa shape index (κ1) is 14.9. The van der Waals surface area contributed by atoms with Crippen LogP contribution < -0.4 is 4.90 Å². The van der Waals surface area contributed by atoms with E-state index in [1.165, 1.54) is 5.56 Å². The van der Waals surface area contributed by atoms with Crippen LogP contribution in [-0.4, -0.2) is 56.1 Å². The molecule has 0 radical (unpaired) electrons. The summed E-state index contributed by atoms with van der Waals surface area (Å²) in [6, 6.07) is 10.6. The molecule has 1 saturated heterocycles. The first-order valence-corrected chi connectivity index (χ1v) is 7.75. The summed E-state index contributed by atoms with van der Waals surface area (Å²) in [6.07, 6.45) is 2.01. The van der Waals surface area contributed by atoms with Crippen LogP contribution in [0, 0.1) is 11.3 Å². The second-order valence-corrected chi connectivity index (χ2v) is 6.49. The van der Waals surface area contributed by atoms with Crippen LogP contribution in [0.15, 0.2) is 24.3 Å².